The van der Waals surface area contributed by atoms with E-state index in [0.29, 0.717) is 29.0 Å². The van der Waals surface area contributed by atoms with Gasteiger partial charge in [-0.1, -0.05) is 44.7 Å². The summed E-state index contributed by atoms with van der Waals surface area (Å²) in [6.45, 7) is 7.64. The molecule has 6 heteroatoms. The van der Waals surface area contributed by atoms with Crippen LogP contribution in [0.4, 0.5) is 0 Å². The Hall–Kier alpha value is -1.95. The fourth-order valence-corrected chi connectivity index (χ4v) is 5.66. The summed E-state index contributed by atoms with van der Waals surface area (Å²) in [5.41, 5.74) is 4.25. The van der Waals surface area contributed by atoms with Gasteiger partial charge in [-0.05, 0) is 29.9 Å². The lowest BCUT2D eigenvalue weighted by Gasteiger charge is -2.33. The van der Waals surface area contributed by atoms with Crippen LogP contribution in [0.5, 0.6) is 5.75 Å². The van der Waals surface area contributed by atoms with Gasteiger partial charge in [-0.25, -0.2) is 4.98 Å². The van der Waals surface area contributed by atoms with Crippen molar-refractivity contribution < 1.29 is 9.53 Å². The fourth-order valence-electron chi connectivity index (χ4n) is 4.98. The third kappa shape index (κ3) is 2.38. The van der Waals surface area contributed by atoms with Crippen molar-refractivity contribution in [1.29, 1.82) is 0 Å². The predicted octanol–water partition coefficient (Wildman–Crippen LogP) is 3.96. The summed E-state index contributed by atoms with van der Waals surface area (Å²) in [7, 11) is 0. The van der Waals surface area contributed by atoms with Gasteiger partial charge in [0.15, 0.2) is 5.78 Å². The molecule has 2 atom stereocenters. The Morgan fingerprint density at radius 3 is 3.00 bits per heavy atom. The van der Waals surface area contributed by atoms with Crippen molar-refractivity contribution in [2.45, 2.75) is 56.5 Å². The number of hydrogen-bond donors (Lipinski definition) is 0. The number of ketones is 1. The number of hydrogen-bond acceptors (Lipinski definition) is 6. The Morgan fingerprint density at radius 2 is 2.15 bits per heavy atom. The summed E-state index contributed by atoms with van der Waals surface area (Å²) in [6.07, 6.45) is 3.23. The van der Waals surface area contributed by atoms with Crippen molar-refractivity contribution in [3.63, 3.8) is 0 Å². The maximum absolute atomic E-state index is 12.6. The number of ether oxygens (including phenoxy) is 1. The van der Waals surface area contributed by atoms with E-state index >= 15 is 0 Å². The van der Waals surface area contributed by atoms with Crippen LogP contribution in [0.15, 0.2) is 23.4 Å². The molecular weight excluding hydrogens is 358 g/mol. The van der Waals surface area contributed by atoms with Crippen molar-refractivity contribution in [1.82, 2.24) is 15.2 Å². The van der Waals surface area contributed by atoms with E-state index in [2.05, 4.69) is 31.0 Å². The lowest BCUT2D eigenvalue weighted by Crippen LogP contribution is -2.32. The predicted molar refractivity (Wildman–Crippen MR) is 104 cm³/mol. The number of Topliss-reactive ketones (excluding diaryl/α,β-unsaturated/α-hetero) is 1. The number of nitrogens with zero attached hydrogens (tertiary/aromatic N) is 3. The number of carbonyl (C=O) groups excluding carboxylic acids is 1. The molecule has 1 fully saturated rings. The summed E-state index contributed by atoms with van der Waals surface area (Å²) in [5, 5.41) is 9.43. The van der Waals surface area contributed by atoms with E-state index in [9.17, 15) is 4.79 Å². The minimum atomic E-state index is 0.0551. The first-order valence-corrected chi connectivity index (χ1v) is 10.6. The quantitative estimate of drug-likeness (QED) is 0.590. The van der Waals surface area contributed by atoms with Gasteiger partial charge in [-0.2, -0.15) is 5.10 Å². The third-order valence-corrected chi connectivity index (χ3v) is 7.96. The zero-order chi connectivity index (χ0) is 18.8. The van der Waals surface area contributed by atoms with Crippen LogP contribution < -0.4 is 4.74 Å². The van der Waals surface area contributed by atoms with Crippen LogP contribution >= 0.6 is 11.8 Å². The molecule has 2 aliphatic carbocycles. The van der Waals surface area contributed by atoms with Crippen LogP contribution in [-0.2, 0) is 11.8 Å². The molecule has 5 nitrogen and oxygen atoms in total. The minimum absolute atomic E-state index is 0.0551. The van der Waals surface area contributed by atoms with Crippen LogP contribution in [0.1, 0.15) is 66.8 Å². The van der Waals surface area contributed by atoms with Gasteiger partial charge in [0.2, 0.25) is 5.16 Å². The first-order valence-electron chi connectivity index (χ1n) is 9.57. The minimum Gasteiger partial charge on any atom is -0.493 e. The van der Waals surface area contributed by atoms with Crippen LogP contribution in [0.25, 0.3) is 0 Å². The van der Waals surface area contributed by atoms with Crippen molar-refractivity contribution >= 4 is 17.5 Å². The summed E-state index contributed by atoms with van der Waals surface area (Å²) in [6, 6.07) is 5.74. The maximum Gasteiger partial charge on any atom is 0.209 e. The lowest BCUT2D eigenvalue weighted by atomic mass is 9.70. The largest absolute Gasteiger partial charge is 0.493 e. The van der Waals surface area contributed by atoms with Crippen molar-refractivity contribution in [2.24, 2.45) is 5.41 Å². The summed E-state index contributed by atoms with van der Waals surface area (Å²) < 4.78 is 5.57. The number of fused-ring (bicyclic) bond motifs is 6. The number of thioether (sulfide) groups is 1. The average Bonchev–Trinajstić information content (AvgIpc) is 3.26. The van der Waals surface area contributed by atoms with E-state index in [1.807, 2.05) is 18.2 Å². The highest BCUT2D eigenvalue weighted by Gasteiger charge is 2.61. The maximum atomic E-state index is 12.6. The van der Waals surface area contributed by atoms with E-state index in [0.717, 1.165) is 36.4 Å². The zero-order valence-electron chi connectivity index (χ0n) is 15.9. The molecular formula is C21H23N3O2S. The lowest BCUT2D eigenvalue weighted by molar-refractivity contribution is 0.102. The van der Waals surface area contributed by atoms with Gasteiger partial charge in [-0.15, -0.1) is 5.10 Å². The second-order valence-electron chi connectivity index (χ2n) is 8.61. The molecule has 0 saturated heterocycles. The highest BCUT2D eigenvalue weighted by atomic mass is 32.2. The molecule has 1 aliphatic heterocycles. The van der Waals surface area contributed by atoms with E-state index < -0.39 is 0 Å². The molecule has 0 N–H and O–H groups in total. The Kier molecular flexibility index (Phi) is 3.67. The van der Waals surface area contributed by atoms with Gasteiger partial charge in [0.05, 0.1) is 23.7 Å². The Labute approximate surface area is 163 Å². The summed E-state index contributed by atoms with van der Waals surface area (Å²) in [4.78, 5) is 17.4. The van der Waals surface area contributed by atoms with Crippen LogP contribution in [0.3, 0.4) is 0 Å². The SMILES string of the molecule is CC12CCC(c3nnc(SCC(=O)c4ccc5c(c4)OCC5)nc31)C2(C)C. The van der Waals surface area contributed by atoms with Crippen molar-refractivity contribution in [2.75, 3.05) is 12.4 Å². The monoisotopic (exact) mass is 381 g/mol. The van der Waals surface area contributed by atoms with Gasteiger partial charge in [0.25, 0.3) is 0 Å². The Balaban J connectivity index is 1.34. The number of aromatic nitrogens is 3. The molecule has 2 aromatic rings. The molecule has 2 unspecified atom stereocenters. The van der Waals surface area contributed by atoms with Gasteiger partial charge in [0.1, 0.15) is 5.75 Å². The smallest absolute Gasteiger partial charge is 0.209 e. The van der Waals surface area contributed by atoms with E-state index in [1.165, 1.54) is 17.3 Å². The van der Waals surface area contributed by atoms with E-state index in [4.69, 9.17) is 9.72 Å². The zero-order valence-corrected chi connectivity index (χ0v) is 16.7. The molecule has 1 aromatic carbocycles. The number of carbonyl (C=O) groups is 1. The van der Waals surface area contributed by atoms with Gasteiger partial charge < -0.3 is 4.74 Å². The summed E-state index contributed by atoms with van der Waals surface area (Å²) >= 11 is 1.37. The molecule has 140 valence electrons. The molecule has 1 saturated carbocycles. The second kappa shape index (κ2) is 5.77. The van der Waals surface area contributed by atoms with Gasteiger partial charge in [0, 0.05) is 23.3 Å². The summed E-state index contributed by atoms with van der Waals surface area (Å²) in [5.74, 6) is 1.66. The van der Waals surface area contributed by atoms with Gasteiger partial charge in [-0.3, -0.25) is 4.79 Å². The Morgan fingerprint density at radius 1 is 1.30 bits per heavy atom. The molecule has 1 aromatic heterocycles. The van der Waals surface area contributed by atoms with Gasteiger partial charge >= 0.3 is 0 Å². The molecule has 0 spiro atoms. The van der Waals surface area contributed by atoms with Crippen molar-refractivity contribution in [3.8, 4) is 5.75 Å². The number of rotatable bonds is 4. The first kappa shape index (κ1) is 17.2. The first-order chi connectivity index (χ1) is 12.9. The molecule has 0 radical (unpaired) electrons. The van der Waals surface area contributed by atoms with Crippen LogP contribution in [0, 0.1) is 5.41 Å². The molecule has 5 rings (SSSR count). The van der Waals surface area contributed by atoms with Crippen LogP contribution in [-0.4, -0.2) is 33.3 Å². The van der Waals surface area contributed by atoms with E-state index in [1.54, 1.807) is 0 Å². The molecule has 3 aliphatic rings. The highest BCUT2D eigenvalue weighted by molar-refractivity contribution is 7.99. The average molecular weight is 382 g/mol. The topological polar surface area (TPSA) is 65.0 Å². The molecule has 2 bridgehead atoms. The Bertz CT molecular complexity index is 958. The van der Waals surface area contributed by atoms with Crippen LogP contribution in [0.2, 0.25) is 0 Å². The fraction of sp³-hybridized carbons (Fsp3) is 0.524. The highest BCUT2D eigenvalue weighted by Crippen LogP contribution is 2.66. The molecule has 27 heavy (non-hydrogen) atoms. The van der Waals surface area contributed by atoms with Crippen molar-refractivity contribution in [3.05, 3.63) is 40.7 Å². The molecule has 0 amide bonds. The normalized spacial score (nSPS) is 26.6. The molecule has 2 heterocycles. The standard InChI is InChI=1S/C21H23N3O2S/c1-20(2)14-6-8-21(20,3)18-17(14)23-24-19(22-18)27-11-15(25)13-5-4-12-7-9-26-16(12)10-13/h4-5,10,14H,6-9,11H2,1-3H3. The van der Waals surface area contributed by atoms with E-state index in [-0.39, 0.29) is 16.6 Å². The number of benzene rings is 1. The third-order valence-electron chi connectivity index (χ3n) is 7.12. The second-order valence-corrected chi connectivity index (χ2v) is 9.55.